The zero-order valence-electron chi connectivity index (χ0n) is 22.1. The van der Waals surface area contributed by atoms with Crippen LogP contribution < -0.4 is 10.7 Å². The molecule has 1 amide bonds. The lowest BCUT2D eigenvalue weighted by Crippen LogP contribution is -2.59. The lowest BCUT2D eigenvalue weighted by Gasteiger charge is -2.35. The van der Waals surface area contributed by atoms with Crippen LogP contribution in [0, 0.1) is 19.3 Å². The number of carbonyl (C=O) groups is 3. The molecule has 0 aromatic heterocycles. The fraction of sp³-hybridized carbons (Fsp3) is 0.464. The van der Waals surface area contributed by atoms with Gasteiger partial charge < -0.3 is 19.5 Å². The van der Waals surface area contributed by atoms with Crippen molar-refractivity contribution in [1.82, 2.24) is 4.81 Å². The number of nitrogens with one attached hydrogen (secondary N) is 1. The third-order valence-electron chi connectivity index (χ3n) is 8.02. The second kappa shape index (κ2) is 9.99. The van der Waals surface area contributed by atoms with Crippen LogP contribution in [0.2, 0.25) is 0 Å². The van der Waals surface area contributed by atoms with Crippen LogP contribution in [0.15, 0.2) is 24.3 Å². The van der Waals surface area contributed by atoms with Crippen LogP contribution in [0.4, 0.5) is 5.69 Å². The minimum atomic E-state index is -1.39. The van der Waals surface area contributed by atoms with E-state index >= 15 is 0 Å². The summed E-state index contributed by atoms with van der Waals surface area (Å²) in [6.07, 6.45) is 4.54. The maximum Gasteiger partial charge on any atom is 0.411 e. The number of ether oxygens (including phenoxy) is 2. The predicted octanol–water partition coefficient (Wildman–Crippen LogP) is 3.36. The first-order valence-corrected chi connectivity index (χ1v) is 12.6. The van der Waals surface area contributed by atoms with E-state index in [-0.39, 0.29) is 25.7 Å². The van der Waals surface area contributed by atoms with Crippen molar-refractivity contribution < 1.29 is 23.9 Å². The predicted molar refractivity (Wildman–Crippen MR) is 141 cm³/mol. The number of amides is 1. The molecule has 1 aliphatic heterocycles. The van der Waals surface area contributed by atoms with E-state index in [9.17, 15) is 14.4 Å². The number of carbonyl (C=O) groups excluding carboxylic acids is 3. The standard InChI is InChI=1S/C28H35BN2O5/c1-7-8-9-12-19-17(2)21-15-28(26(33)35-5,27(34)36-6)16-22(21)18(3)24(19)29-30-23-14-11-10-13-20(23)25(32)31(29)4/h10-11,13-14,30H,7-9,12,15-16H2,1-6H3. The number of fused-ring (bicyclic) bond motifs is 2. The van der Waals surface area contributed by atoms with E-state index < -0.39 is 17.4 Å². The van der Waals surface area contributed by atoms with E-state index in [1.807, 2.05) is 38.2 Å². The zero-order chi connectivity index (χ0) is 26.2. The van der Waals surface area contributed by atoms with E-state index in [0.29, 0.717) is 5.56 Å². The molecule has 4 rings (SSSR count). The summed E-state index contributed by atoms with van der Waals surface area (Å²) >= 11 is 0. The van der Waals surface area contributed by atoms with Gasteiger partial charge in [0.05, 0.1) is 19.8 Å². The fourth-order valence-electron chi connectivity index (χ4n) is 5.99. The van der Waals surface area contributed by atoms with Gasteiger partial charge in [0, 0.05) is 18.5 Å². The molecule has 0 atom stereocenters. The van der Waals surface area contributed by atoms with Gasteiger partial charge >= 0.3 is 18.9 Å². The van der Waals surface area contributed by atoms with Gasteiger partial charge in [-0.25, -0.2) is 0 Å². The lowest BCUT2D eigenvalue weighted by molar-refractivity contribution is -0.168. The summed E-state index contributed by atoms with van der Waals surface area (Å²) in [6, 6.07) is 7.55. The summed E-state index contributed by atoms with van der Waals surface area (Å²) in [5, 5.41) is 3.59. The van der Waals surface area contributed by atoms with Crippen LogP contribution >= 0.6 is 0 Å². The molecule has 1 heterocycles. The van der Waals surface area contributed by atoms with Crippen molar-refractivity contribution in [3.63, 3.8) is 0 Å². The monoisotopic (exact) mass is 490 g/mol. The Morgan fingerprint density at radius 2 is 1.64 bits per heavy atom. The van der Waals surface area contributed by atoms with E-state index in [1.54, 1.807) is 4.81 Å². The van der Waals surface area contributed by atoms with E-state index in [4.69, 9.17) is 9.47 Å². The molecule has 0 bridgehead atoms. The Balaban J connectivity index is 1.90. The number of benzene rings is 2. The molecule has 1 N–H and O–H groups in total. The van der Waals surface area contributed by atoms with Crippen molar-refractivity contribution in [3.05, 3.63) is 57.6 Å². The highest BCUT2D eigenvalue weighted by atomic mass is 16.5. The van der Waals surface area contributed by atoms with Gasteiger partial charge in [0.1, 0.15) is 0 Å². The van der Waals surface area contributed by atoms with E-state index in [0.717, 1.165) is 59.1 Å². The average Bonchev–Trinajstić information content (AvgIpc) is 3.31. The van der Waals surface area contributed by atoms with Crippen LogP contribution in [0.5, 0.6) is 0 Å². The highest BCUT2D eigenvalue weighted by molar-refractivity contribution is 6.77. The Kier molecular flexibility index (Phi) is 7.16. The molecule has 0 unspecified atom stereocenters. The molecule has 0 radical (unpaired) electrons. The molecule has 1 aliphatic carbocycles. The first kappa shape index (κ1) is 25.8. The first-order valence-electron chi connectivity index (χ1n) is 12.6. The second-order valence-corrected chi connectivity index (χ2v) is 9.98. The van der Waals surface area contributed by atoms with Crippen molar-refractivity contribution in [3.8, 4) is 0 Å². The van der Waals surface area contributed by atoms with Crippen molar-refractivity contribution >= 4 is 36.0 Å². The van der Waals surface area contributed by atoms with Gasteiger partial charge in [0.25, 0.3) is 0 Å². The van der Waals surface area contributed by atoms with Gasteiger partial charge in [-0.3, -0.25) is 14.4 Å². The zero-order valence-corrected chi connectivity index (χ0v) is 22.1. The van der Waals surface area contributed by atoms with Crippen molar-refractivity contribution in [2.24, 2.45) is 5.41 Å². The Morgan fingerprint density at radius 1 is 1.03 bits per heavy atom. The molecule has 7 nitrogen and oxygen atoms in total. The number of rotatable bonds is 7. The highest BCUT2D eigenvalue weighted by Crippen LogP contribution is 2.43. The quantitative estimate of drug-likeness (QED) is 0.277. The Labute approximate surface area is 213 Å². The number of anilines is 1. The van der Waals surface area contributed by atoms with Gasteiger partial charge in [0.15, 0.2) is 5.41 Å². The first-order chi connectivity index (χ1) is 17.2. The SMILES string of the molecule is CCCCCc1c(C)c2c(c(C)c1B1Nc3ccccc3C(=O)N1C)CC(C(=O)OC)(C(=O)OC)C2. The summed E-state index contributed by atoms with van der Waals surface area (Å²) in [5.74, 6) is -1.18. The molecule has 36 heavy (non-hydrogen) atoms. The Hall–Kier alpha value is -3.29. The van der Waals surface area contributed by atoms with Crippen molar-refractivity contribution in [2.45, 2.75) is 59.3 Å². The normalized spacial score (nSPS) is 15.8. The van der Waals surface area contributed by atoms with Crippen LogP contribution in [-0.4, -0.2) is 50.9 Å². The second-order valence-electron chi connectivity index (χ2n) is 9.98. The van der Waals surface area contributed by atoms with E-state index in [1.165, 1.54) is 19.8 Å². The van der Waals surface area contributed by atoms with Gasteiger partial charge in [-0.2, -0.15) is 0 Å². The molecular weight excluding hydrogens is 455 g/mol. The summed E-state index contributed by atoms with van der Waals surface area (Å²) in [7, 11) is 4.43. The molecule has 0 saturated heterocycles. The number of hydrogen-bond donors (Lipinski definition) is 1. The topological polar surface area (TPSA) is 84.9 Å². The lowest BCUT2D eigenvalue weighted by atomic mass is 9.58. The summed E-state index contributed by atoms with van der Waals surface area (Å²) < 4.78 is 10.2. The number of hydrogen-bond acceptors (Lipinski definition) is 6. The van der Waals surface area contributed by atoms with Crippen LogP contribution in [0.25, 0.3) is 0 Å². The van der Waals surface area contributed by atoms with Crippen LogP contribution in [-0.2, 0) is 38.3 Å². The number of unbranched alkanes of at least 4 members (excludes halogenated alkanes) is 2. The Morgan fingerprint density at radius 3 is 2.25 bits per heavy atom. The number of nitrogens with zero attached hydrogens (tertiary/aromatic N) is 1. The van der Waals surface area contributed by atoms with Crippen molar-refractivity contribution in [1.29, 1.82) is 0 Å². The molecule has 0 fully saturated rings. The van der Waals surface area contributed by atoms with Gasteiger partial charge in [-0.1, -0.05) is 31.9 Å². The molecular formula is C28H35BN2O5. The van der Waals surface area contributed by atoms with Gasteiger partial charge in [0.2, 0.25) is 5.91 Å². The molecule has 2 aliphatic rings. The average molecular weight is 490 g/mol. The third kappa shape index (κ3) is 3.96. The molecule has 8 heteroatoms. The van der Waals surface area contributed by atoms with Gasteiger partial charge in [-0.15, -0.1) is 0 Å². The molecule has 2 aromatic rings. The van der Waals surface area contributed by atoms with Crippen molar-refractivity contribution in [2.75, 3.05) is 26.5 Å². The number of methoxy groups -OCH3 is 2. The Bertz CT molecular complexity index is 1210. The van der Waals surface area contributed by atoms with E-state index in [2.05, 4.69) is 19.1 Å². The number of esters is 2. The maximum atomic E-state index is 13.3. The number of para-hydroxylation sites is 1. The van der Waals surface area contributed by atoms with Gasteiger partial charge in [-0.05, 0) is 79.1 Å². The summed E-state index contributed by atoms with van der Waals surface area (Å²) in [4.78, 5) is 41.0. The molecule has 2 aromatic carbocycles. The van der Waals surface area contributed by atoms with Crippen LogP contribution in [0.1, 0.15) is 64.4 Å². The summed E-state index contributed by atoms with van der Waals surface area (Å²) in [5.41, 5.74) is 6.37. The fourth-order valence-corrected chi connectivity index (χ4v) is 5.99. The summed E-state index contributed by atoms with van der Waals surface area (Å²) in [6.45, 7) is 5.93. The highest BCUT2D eigenvalue weighted by Gasteiger charge is 2.54. The minimum Gasteiger partial charge on any atom is -0.468 e. The smallest absolute Gasteiger partial charge is 0.411 e. The molecule has 0 saturated carbocycles. The third-order valence-corrected chi connectivity index (χ3v) is 8.02. The van der Waals surface area contributed by atoms with Crippen LogP contribution in [0.3, 0.4) is 0 Å². The molecule has 0 spiro atoms. The maximum absolute atomic E-state index is 13.3. The molecule has 190 valence electrons. The minimum absolute atomic E-state index is 0.0371. The largest absolute Gasteiger partial charge is 0.468 e.